The number of nitrogens with zero attached hydrogens (tertiary/aromatic N) is 5. The van der Waals surface area contributed by atoms with E-state index in [4.69, 9.17) is 4.52 Å². The summed E-state index contributed by atoms with van der Waals surface area (Å²) in [7, 11) is 0. The van der Waals surface area contributed by atoms with Crippen molar-refractivity contribution in [3.05, 3.63) is 46.9 Å². The number of hydrogen-bond acceptors (Lipinski definition) is 7. The highest BCUT2D eigenvalue weighted by atomic mass is 19.4. The Morgan fingerprint density at radius 1 is 1.17 bits per heavy atom. The molecule has 0 aromatic carbocycles. The number of pyridine rings is 1. The molecule has 3 aromatic rings. The van der Waals surface area contributed by atoms with Gasteiger partial charge in [-0.15, -0.1) is 0 Å². The van der Waals surface area contributed by atoms with E-state index in [1.54, 1.807) is 6.07 Å². The van der Waals surface area contributed by atoms with Crippen molar-refractivity contribution >= 4 is 0 Å². The second-order valence-electron chi connectivity index (χ2n) is 7.27. The topological polar surface area (TPSA) is 81.1 Å². The van der Waals surface area contributed by atoms with Crippen molar-refractivity contribution < 1.29 is 22.2 Å². The molecular formula is C19H20F3N5O2. The highest BCUT2D eigenvalue weighted by molar-refractivity contribution is 5.52. The number of hydrogen-bond donors (Lipinski definition) is 0. The van der Waals surface area contributed by atoms with Crippen molar-refractivity contribution in [2.75, 3.05) is 13.1 Å². The molecule has 1 unspecified atom stereocenters. The molecule has 0 radical (unpaired) electrons. The van der Waals surface area contributed by atoms with Crippen LogP contribution in [0.2, 0.25) is 0 Å². The molecule has 1 aliphatic heterocycles. The summed E-state index contributed by atoms with van der Waals surface area (Å²) in [5.41, 5.74) is 3.31. The average molecular weight is 407 g/mol. The number of rotatable bonds is 4. The molecule has 1 atom stereocenters. The summed E-state index contributed by atoms with van der Waals surface area (Å²) in [6.07, 6.45) is -1.12. The summed E-state index contributed by atoms with van der Waals surface area (Å²) >= 11 is 0. The molecule has 4 rings (SSSR count). The summed E-state index contributed by atoms with van der Waals surface area (Å²) in [5, 5.41) is 7.41. The molecule has 29 heavy (non-hydrogen) atoms. The summed E-state index contributed by atoms with van der Waals surface area (Å²) in [6.45, 7) is 6.46. The Kier molecular flexibility index (Phi) is 5.12. The summed E-state index contributed by atoms with van der Waals surface area (Å²) in [6, 6.07) is 3.50. The fourth-order valence-corrected chi connectivity index (χ4v) is 3.63. The third kappa shape index (κ3) is 4.16. The van der Waals surface area contributed by atoms with Gasteiger partial charge in [0.25, 0.3) is 0 Å². The number of piperidine rings is 1. The van der Waals surface area contributed by atoms with E-state index in [1.165, 1.54) is 6.20 Å². The van der Waals surface area contributed by atoms with E-state index in [-0.39, 0.29) is 11.7 Å². The number of halogens is 3. The Labute approximate surface area is 164 Å². The van der Waals surface area contributed by atoms with Gasteiger partial charge in [-0.05, 0) is 45.4 Å². The molecule has 0 spiro atoms. The van der Waals surface area contributed by atoms with Gasteiger partial charge in [-0.2, -0.15) is 18.2 Å². The largest absolute Gasteiger partial charge is 0.471 e. The third-order valence-corrected chi connectivity index (χ3v) is 5.20. The molecule has 1 saturated heterocycles. The lowest BCUT2D eigenvalue weighted by atomic mass is 9.93. The standard InChI is InChI=1S/C19H20F3N5O2/c1-11-15(12(2)28-25-11)10-27-7-3-4-14(9-27)16-6-5-13(8-23-16)17-24-18(29-26-17)19(20,21)22/h5-6,8,14H,3-4,7,9-10H2,1-2H3. The molecule has 0 saturated carbocycles. The van der Waals surface area contributed by atoms with Crippen LogP contribution >= 0.6 is 0 Å². The molecule has 10 heteroatoms. The fraction of sp³-hybridized carbons (Fsp3) is 0.474. The summed E-state index contributed by atoms with van der Waals surface area (Å²) in [5.74, 6) is -0.404. The first kappa shape index (κ1) is 19.6. The summed E-state index contributed by atoms with van der Waals surface area (Å²) in [4.78, 5) is 10.2. The molecule has 0 aliphatic carbocycles. The maximum Gasteiger partial charge on any atom is 0.471 e. The fourth-order valence-electron chi connectivity index (χ4n) is 3.63. The Balaban J connectivity index is 1.45. The predicted molar refractivity (Wildman–Crippen MR) is 95.8 cm³/mol. The number of aromatic nitrogens is 4. The first-order chi connectivity index (χ1) is 13.8. The van der Waals surface area contributed by atoms with E-state index in [1.807, 2.05) is 19.9 Å². The minimum absolute atomic E-state index is 0.125. The monoisotopic (exact) mass is 407 g/mol. The van der Waals surface area contributed by atoms with Crippen LogP contribution < -0.4 is 0 Å². The van der Waals surface area contributed by atoms with Crippen LogP contribution in [0.3, 0.4) is 0 Å². The van der Waals surface area contributed by atoms with Gasteiger partial charge in [-0.25, -0.2) is 0 Å². The predicted octanol–water partition coefficient (Wildman–Crippen LogP) is 4.13. The van der Waals surface area contributed by atoms with E-state index < -0.39 is 12.1 Å². The second-order valence-corrected chi connectivity index (χ2v) is 7.27. The third-order valence-electron chi connectivity index (χ3n) is 5.20. The van der Waals surface area contributed by atoms with Crippen LogP contribution in [0, 0.1) is 13.8 Å². The van der Waals surface area contributed by atoms with Crippen LogP contribution in [-0.4, -0.2) is 38.3 Å². The zero-order chi connectivity index (χ0) is 20.6. The van der Waals surface area contributed by atoms with Crippen molar-refractivity contribution in [3.8, 4) is 11.4 Å². The SMILES string of the molecule is Cc1noc(C)c1CN1CCCC(c2ccc(-c3noc(C(F)(F)F)n3)cn2)C1. The number of alkyl halides is 3. The van der Waals surface area contributed by atoms with Crippen LogP contribution in [0.1, 0.15) is 47.4 Å². The van der Waals surface area contributed by atoms with Crippen LogP contribution in [0.15, 0.2) is 27.4 Å². The minimum atomic E-state index is -4.66. The maximum absolute atomic E-state index is 12.6. The molecule has 3 aromatic heterocycles. The lowest BCUT2D eigenvalue weighted by Crippen LogP contribution is -2.34. The Bertz CT molecular complexity index is 961. The maximum atomic E-state index is 12.6. The first-order valence-corrected chi connectivity index (χ1v) is 9.32. The Morgan fingerprint density at radius 3 is 2.62 bits per heavy atom. The van der Waals surface area contributed by atoms with Crippen LogP contribution in [0.4, 0.5) is 13.2 Å². The Morgan fingerprint density at radius 2 is 2.00 bits per heavy atom. The van der Waals surface area contributed by atoms with Crippen LogP contribution in [0.5, 0.6) is 0 Å². The van der Waals surface area contributed by atoms with Crippen molar-refractivity contribution in [3.63, 3.8) is 0 Å². The van der Waals surface area contributed by atoms with E-state index in [0.29, 0.717) is 5.56 Å². The normalized spacial score (nSPS) is 18.3. The smallest absolute Gasteiger partial charge is 0.361 e. The van der Waals surface area contributed by atoms with E-state index in [2.05, 4.69) is 29.7 Å². The zero-order valence-corrected chi connectivity index (χ0v) is 16.0. The van der Waals surface area contributed by atoms with Crippen LogP contribution in [0.25, 0.3) is 11.4 Å². The molecule has 0 bridgehead atoms. The molecule has 4 heterocycles. The molecular weight excluding hydrogens is 387 g/mol. The minimum Gasteiger partial charge on any atom is -0.361 e. The van der Waals surface area contributed by atoms with E-state index >= 15 is 0 Å². The van der Waals surface area contributed by atoms with Gasteiger partial charge in [0.15, 0.2) is 0 Å². The highest BCUT2D eigenvalue weighted by Gasteiger charge is 2.38. The van der Waals surface area contributed by atoms with Gasteiger partial charge < -0.3 is 9.05 Å². The van der Waals surface area contributed by atoms with Gasteiger partial charge in [-0.1, -0.05) is 10.3 Å². The quantitative estimate of drug-likeness (QED) is 0.643. The van der Waals surface area contributed by atoms with E-state index in [9.17, 15) is 13.2 Å². The van der Waals surface area contributed by atoms with Crippen molar-refractivity contribution in [1.82, 2.24) is 25.2 Å². The lowest BCUT2D eigenvalue weighted by molar-refractivity contribution is -0.159. The van der Waals surface area contributed by atoms with Gasteiger partial charge in [0, 0.05) is 42.0 Å². The zero-order valence-electron chi connectivity index (χ0n) is 16.0. The van der Waals surface area contributed by atoms with Gasteiger partial charge in [0.2, 0.25) is 5.82 Å². The van der Waals surface area contributed by atoms with Gasteiger partial charge in [-0.3, -0.25) is 9.88 Å². The van der Waals surface area contributed by atoms with Gasteiger partial charge in [0.1, 0.15) is 5.76 Å². The van der Waals surface area contributed by atoms with Crippen LogP contribution in [-0.2, 0) is 12.7 Å². The molecule has 0 N–H and O–H groups in total. The highest BCUT2D eigenvalue weighted by Crippen LogP contribution is 2.31. The molecule has 7 nitrogen and oxygen atoms in total. The van der Waals surface area contributed by atoms with Crippen molar-refractivity contribution in [2.45, 2.75) is 45.3 Å². The summed E-state index contributed by atoms with van der Waals surface area (Å²) < 4.78 is 47.4. The van der Waals surface area contributed by atoms with Gasteiger partial charge in [0.05, 0.1) is 5.69 Å². The molecule has 154 valence electrons. The van der Waals surface area contributed by atoms with Crippen molar-refractivity contribution in [1.29, 1.82) is 0 Å². The lowest BCUT2D eigenvalue weighted by Gasteiger charge is -2.32. The van der Waals surface area contributed by atoms with E-state index in [0.717, 1.165) is 55.2 Å². The first-order valence-electron chi connectivity index (χ1n) is 9.32. The van der Waals surface area contributed by atoms with Crippen molar-refractivity contribution in [2.24, 2.45) is 0 Å². The number of likely N-dealkylation sites (tertiary alicyclic amines) is 1. The molecule has 1 aliphatic rings. The average Bonchev–Trinajstić information content (AvgIpc) is 3.31. The van der Waals surface area contributed by atoms with Gasteiger partial charge >= 0.3 is 12.1 Å². The second kappa shape index (κ2) is 7.58. The Hall–Kier alpha value is -2.75. The number of aryl methyl sites for hydroxylation is 2. The molecule has 0 amide bonds. The molecule has 1 fully saturated rings.